The van der Waals surface area contributed by atoms with Gasteiger partial charge in [0.2, 0.25) is 0 Å². The van der Waals surface area contributed by atoms with E-state index in [0.717, 1.165) is 13.1 Å². The third-order valence-electron chi connectivity index (χ3n) is 0.812. The van der Waals surface area contributed by atoms with Crippen molar-refractivity contribution in [2.45, 2.75) is 13.8 Å². The van der Waals surface area contributed by atoms with E-state index in [-0.39, 0.29) is 12.4 Å². The van der Waals surface area contributed by atoms with Crippen LogP contribution in [0.5, 0.6) is 0 Å². The number of hydrogen-bond donors (Lipinski definition) is 1. The number of nitrogens with two attached hydrogens (primary N) is 1. The molecule has 2 N–H and O–H groups in total. The first-order valence-corrected chi connectivity index (χ1v) is 2.30. The summed E-state index contributed by atoms with van der Waals surface area (Å²) < 4.78 is 0. The van der Waals surface area contributed by atoms with Gasteiger partial charge in [0.25, 0.3) is 0 Å². The lowest BCUT2D eigenvalue weighted by atomic mass is 10.6. The van der Waals surface area contributed by atoms with Crippen LogP contribution in [0, 0.1) is 0 Å². The van der Waals surface area contributed by atoms with E-state index in [2.05, 4.69) is 0 Å². The van der Waals surface area contributed by atoms with Crippen LogP contribution in [0.4, 0.5) is 0 Å². The van der Waals surface area contributed by atoms with Crippen LogP contribution < -0.4 is 5.84 Å². The molecule has 0 atom stereocenters. The van der Waals surface area contributed by atoms with Crippen LogP contribution in [0.25, 0.3) is 0 Å². The molecule has 0 radical (unpaired) electrons. The minimum atomic E-state index is 0. The minimum absolute atomic E-state index is 0. The van der Waals surface area contributed by atoms with E-state index in [1.54, 1.807) is 5.01 Å². The zero-order valence-electron chi connectivity index (χ0n) is 4.85. The summed E-state index contributed by atoms with van der Waals surface area (Å²) in [4.78, 5) is 0. The maximum Gasteiger partial charge on any atom is 0.00996 e. The maximum atomic E-state index is 5.31. The first-order valence-electron chi connectivity index (χ1n) is 2.30. The zero-order chi connectivity index (χ0) is 4.99. The van der Waals surface area contributed by atoms with E-state index in [1.807, 2.05) is 13.8 Å². The molecule has 0 spiro atoms. The van der Waals surface area contributed by atoms with Gasteiger partial charge in [-0.05, 0) is 0 Å². The van der Waals surface area contributed by atoms with Crippen molar-refractivity contribution in [3.05, 3.63) is 0 Å². The molecule has 0 aromatic rings. The second kappa shape index (κ2) is 6.21. The lowest BCUT2D eigenvalue weighted by Gasteiger charge is -2.07. The van der Waals surface area contributed by atoms with E-state index < -0.39 is 0 Å². The molecule has 0 amide bonds. The third kappa shape index (κ3) is 6.21. The first-order chi connectivity index (χ1) is 2.81. The summed E-state index contributed by atoms with van der Waals surface area (Å²) in [5, 5.41) is 1.75. The van der Waals surface area contributed by atoms with E-state index >= 15 is 0 Å². The Labute approximate surface area is 51.1 Å². The van der Waals surface area contributed by atoms with Crippen molar-refractivity contribution in [3.63, 3.8) is 0 Å². The molecule has 0 aliphatic rings. The average molecular weight is 125 g/mol. The molecular formula is C4H13ClN2. The molecule has 2 nitrogen and oxygen atoms in total. The Morgan fingerprint density at radius 3 is 1.57 bits per heavy atom. The number of hydrazine groups is 1. The summed E-state index contributed by atoms with van der Waals surface area (Å²) in [5.74, 6) is 5.31. The smallest absolute Gasteiger partial charge is 0.00996 e. The summed E-state index contributed by atoms with van der Waals surface area (Å²) in [5.41, 5.74) is 0. The summed E-state index contributed by atoms with van der Waals surface area (Å²) in [6, 6.07) is 0. The summed E-state index contributed by atoms with van der Waals surface area (Å²) >= 11 is 0. The summed E-state index contributed by atoms with van der Waals surface area (Å²) in [6.07, 6.45) is 0. The Kier molecular flexibility index (Phi) is 9.09. The highest BCUT2D eigenvalue weighted by molar-refractivity contribution is 5.85. The molecule has 0 bridgehead atoms. The molecule has 0 heterocycles. The van der Waals surface area contributed by atoms with Crippen LogP contribution >= 0.6 is 12.4 Å². The van der Waals surface area contributed by atoms with Crippen molar-refractivity contribution in [3.8, 4) is 0 Å². The maximum absolute atomic E-state index is 5.31. The molecule has 0 unspecified atom stereocenters. The van der Waals surface area contributed by atoms with Crippen LogP contribution in [0.3, 0.4) is 0 Å². The molecule has 0 fully saturated rings. The van der Waals surface area contributed by atoms with Crippen LogP contribution in [-0.4, -0.2) is 18.1 Å². The monoisotopic (exact) mass is 124 g/mol. The lowest BCUT2D eigenvalue weighted by Crippen LogP contribution is -2.29. The molecule has 46 valence electrons. The van der Waals surface area contributed by atoms with E-state index in [0.29, 0.717) is 0 Å². The second-order valence-corrected chi connectivity index (χ2v) is 1.22. The Morgan fingerprint density at radius 2 is 1.57 bits per heavy atom. The van der Waals surface area contributed by atoms with Gasteiger partial charge >= 0.3 is 0 Å². The average Bonchev–Trinajstić information content (AvgIpc) is 1.65. The van der Waals surface area contributed by atoms with Crippen LogP contribution in [-0.2, 0) is 0 Å². The fourth-order valence-corrected chi connectivity index (χ4v) is 0.224. The Morgan fingerprint density at radius 1 is 1.29 bits per heavy atom. The quantitative estimate of drug-likeness (QED) is 0.432. The zero-order valence-corrected chi connectivity index (χ0v) is 5.66. The Hall–Kier alpha value is 0.210. The van der Waals surface area contributed by atoms with Crippen molar-refractivity contribution in [1.29, 1.82) is 0 Å². The second-order valence-electron chi connectivity index (χ2n) is 1.22. The highest BCUT2D eigenvalue weighted by atomic mass is 35.5. The topological polar surface area (TPSA) is 29.3 Å². The molecule has 0 aromatic carbocycles. The van der Waals surface area contributed by atoms with Gasteiger partial charge < -0.3 is 0 Å². The van der Waals surface area contributed by atoms with Crippen LogP contribution in [0.15, 0.2) is 0 Å². The van der Waals surface area contributed by atoms with Gasteiger partial charge in [0.15, 0.2) is 0 Å². The highest BCUT2D eigenvalue weighted by Gasteiger charge is 1.82. The van der Waals surface area contributed by atoms with Gasteiger partial charge in [-0.25, -0.2) is 5.01 Å². The summed E-state index contributed by atoms with van der Waals surface area (Å²) in [6.45, 7) is 5.94. The van der Waals surface area contributed by atoms with Crippen LogP contribution in [0.2, 0.25) is 0 Å². The molecule has 3 heteroatoms. The molecule has 7 heavy (non-hydrogen) atoms. The fourth-order valence-electron chi connectivity index (χ4n) is 0.224. The standard InChI is InChI=1S/C4H12N2.ClH/c1-3-6(5)4-2;/h3-5H2,1-2H3;1H. The van der Waals surface area contributed by atoms with Gasteiger partial charge in [0.05, 0.1) is 0 Å². The Bertz CT molecular complexity index is 28.9. The van der Waals surface area contributed by atoms with Crippen molar-refractivity contribution in [1.82, 2.24) is 5.01 Å². The number of nitrogens with zero attached hydrogens (tertiary/aromatic N) is 1. The first kappa shape index (κ1) is 10.2. The number of halogens is 1. The van der Waals surface area contributed by atoms with Crippen molar-refractivity contribution >= 4 is 12.4 Å². The minimum Gasteiger partial charge on any atom is -0.269 e. The van der Waals surface area contributed by atoms with E-state index in [1.165, 1.54) is 0 Å². The van der Waals surface area contributed by atoms with Crippen LogP contribution in [0.1, 0.15) is 13.8 Å². The molecule has 0 saturated carbocycles. The predicted octanol–water partition coefficient (Wildman–Crippen LogP) is 0.624. The normalized spacial score (nSPS) is 8.57. The lowest BCUT2D eigenvalue weighted by molar-refractivity contribution is 0.316. The molecule has 0 saturated heterocycles. The molecule has 0 aromatic heterocycles. The summed E-state index contributed by atoms with van der Waals surface area (Å²) in [7, 11) is 0. The van der Waals surface area contributed by atoms with Gasteiger partial charge in [-0.3, -0.25) is 5.84 Å². The number of rotatable bonds is 2. The van der Waals surface area contributed by atoms with Gasteiger partial charge in [-0.1, -0.05) is 13.8 Å². The highest BCUT2D eigenvalue weighted by Crippen LogP contribution is 1.68. The molecule has 0 rings (SSSR count). The van der Waals surface area contributed by atoms with Gasteiger partial charge in [0.1, 0.15) is 0 Å². The molecule has 0 aliphatic heterocycles. The SMILES string of the molecule is CCN(N)CC.Cl. The van der Waals surface area contributed by atoms with Crippen molar-refractivity contribution in [2.75, 3.05) is 13.1 Å². The van der Waals surface area contributed by atoms with E-state index in [9.17, 15) is 0 Å². The third-order valence-corrected chi connectivity index (χ3v) is 0.812. The van der Waals surface area contributed by atoms with Crippen molar-refractivity contribution < 1.29 is 0 Å². The number of hydrogen-bond acceptors (Lipinski definition) is 2. The van der Waals surface area contributed by atoms with Gasteiger partial charge in [0, 0.05) is 13.1 Å². The molecular weight excluding hydrogens is 112 g/mol. The largest absolute Gasteiger partial charge is 0.269 e. The van der Waals surface area contributed by atoms with Gasteiger partial charge in [-0.15, -0.1) is 12.4 Å². The van der Waals surface area contributed by atoms with Gasteiger partial charge in [-0.2, -0.15) is 0 Å². The molecule has 0 aliphatic carbocycles. The fraction of sp³-hybridized carbons (Fsp3) is 1.00. The predicted molar refractivity (Wildman–Crippen MR) is 34.4 cm³/mol. The van der Waals surface area contributed by atoms with E-state index in [4.69, 9.17) is 5.84 Å². The Balaban J connectivity index is 0. The van der Waals surface area contributed by atoms with Crippen molar-refractivity contribution in [2.24, 2.45) is 5.84 Å².